The van der Waals surface area contributed by atoms with Gasteiger partial charge in [0.2, 0.25) is 5.91 Å². The Kier molecular flexibility index (Phi) is 3.72. The molecule has 1 heterocycles. The molecule has 75 valence electrons. The Labute approximate surface area is 80.7 Å². The number of nitrogens with zero attached hydrogens (tertiary/aromatic N) is 2. The molecular formula is C10H19N2O. The number of hydrogen-bond donors (Lipinski definition) is 0. The van der Waals surface area contributed by atoms with E-state index in [0.717, 1.165) is 32.6 Å². The molecule has 1 aliphatic rings. The van der Waals surface area contributed by atoms with Crippen LogP contribution in [0.1, 0.15) is 27.2 Å². The molecule has 0 aromatic heterocycles. The Morgan fingerprint density at radius 3 is 1.92 bits per heavy atom. The lowest BCUT2D eigenvalue weighted by molar-refractivity contribution is -0.130. The summed E-state index contributed by atoms with van der Waals surface area (Å²) >= 11 is 0. The minimum atomic E-state index is 0.203. The first-order chi connectivity index (χ1) is 6.15. The molecule has 3 nitrogen and oxygen atoms in total. The van der Waals surface area contributed by atoms with Crippen molar-refractivity contribution in [1.29, 1.82) is 0 Å². The standard InChI is InChI=1S/C10H19N2O/c1-4-9(2)11-5-7-12(8-6-11)10(3)13/h4-8H2,1-3H3. The average molecular weight is 183 g/mol. The molecular weight excluding hydrogens is 164 g/mol. The third-order valence-electron chi connectivity index (χ3n) is 2.78. The zero-order valence-electron chi connectivity index (χ0n) is 8.84. The second kappa shape index (κ2) is 4.61. The highest BCUT2D eigenvalue weighted by Crippen LogP contribution is 2.14. The summed E-state index contributed by atoms with van der Waals surface area (Å²) in [7, 11) is 0. The minimum Gasteiger partial charge on any atom is -0.340 e. The number of rotatable bonds is 2. The third-order valence-corrected chi connectivity index (χ3v) is 2.78. The van der Waals surface area contributed by atoms with Gasteiger partial charge in [-0.1, -0.05) is 6.92 Å². The van der Waals surface area contributed by atoms with Gasteiger partial charge >= 0.3 is 0 Å². The molecule has 1 saturated heterocycles. The van der Waals surface area contributed by atoms with E-state index in [1.165, 1.54) is 6.04 Å². The summed E-state index contributed by atoms with van der Waals surface area (Å²) < 4.78 is 0. The van der Waals surface area contributed by atoms with E-state index in [9.17, 15) is 4.79 Å². The predicted molar refractivity (Wildman–Crippen MR) is 53.0 cm³/mol. The molecule has 0 aliphatic carbocycles. The smallest absolute Gasteiger partial charge is 0.219 e. The normalized spacial score (nSPS) is 19.5. The molecule has 0 atom stereocenters. The summed E-state index contributed by atoms with van der Waals surface area (Å²) in [6.07, 6.45) is 1.11. The van der Waals surface area contributed by atoms with Crippen LogP contribution < -0.4 is 0 Å². The van der Waals surface area contributed by atoms with E-state index in [0.29, 0.717) is 0 Å². The highest BCUT2D eigenvalue weighted by atomic mass is 16.2. The van der Waals surface area contributed by atoms with Crippen molar-refractivity contribution in [3.05, 3.63) is 6.04 Å². The maximum Gasteiger partial charge on any atom is 0.219 e. The lowest BCUT2D eigenvalue weighted by Crippen LogP contribution is -2.48. The van der Waals surface area contributed by atoms with E-state index >= 15 is 0 Å². The molecule has 1 rings (SSSR count). The second-order valence-corrected chi connectivity index (χ2v) is 3.58. The van der Waals surface area contributed by atoms with Gasteiger partial charge in [0, 0.05) is 39.1 Å². The van der Waals surface area contributed by atoms with Crippen LogP contribution in [0.25, 0.3) is 0 Å². The molecule has 0 aromatic rings. The summed E-state index contributed by atoms with van der Waals surface area (Å²) in [5.74, 6) is 0.203. The van der Waals surface area contributed by atoms with Crippen LogP contribution in [0, 0.1) is 6.04 Å². The Hall–Kier alpha value is -0.570. The van der Waals surface area contributed by atoms with Crippen LogP contribution in [0.3, 0.4) is 0 Å². The van der Waals surface area contributed by atoms with Crippen molar-refractivity contribution in [2.45, 2.75) is 27.2 Å². The van der Waals surface area contributed by atoms with Crippen LogP contribution in [0.5, 0.6) is 0 Å². The van der Waals surface area contributed by atoms with Gasteiger partial charge < -0.3 is 4.90 Å². The van der Waals surface area contributed by atoms with Gasteiger partial charge in [0.25, 0.3) is 0 Å². The molecule has 0 N–H and O–H groups in total. The molecule has 1 amide bonds. The van der Waals surface area contributed by atoms with Crippen LogP contribution in [0.15, 0.2) is 0 Å². The third kappa shape index (κ3) is 2.69. The van der Waals surface area contributed by atoms with E-state index in [1.54, 1.807) is 6.92 Å². The quantitative estimate of drug-likeness (QED) is 0.640. The lowest BCUT2D eigenvalue weighted by Gasteiger charge is -2.36. The van der Waals surface area contributed by atoms with E-state index < -0.39 is 0 Å². The summed E-state index contributed by atoms with van der Waals surface area (Å²) in [4.78, 5) is 15.3. The molecule has 0 saturated carbocycles. The van der Waals surface area contributed by atoms with Crippen molar-refractivity contribution in [2.75, 3.05) is 26.2 Å². The molecule has 3 heteroatoms. The molecule has 0 unspecified atom stereocenters. The highest BCUT2D eigenvalue weighted by molar-refractivity contribution is 5.73. The van der Waals surface area contributed by atoms with E-state index in [-0.39, 0.29) is 5.91 Å². The van der Waals surface area contributed by atoms with Gasteiger partial charge in [-0.15, -0.1) is 0 Å². The monoisotopic (exact) mass is 183 g/mol. The van der Waals surface area contributed by atoms with Crippen molar-refractivity contribution in [2.24, 2.45) is 0 Å². The first-order valence-electron chi connectivity index (χ1n) is 4.98. The number of carbonyl (C=O) groups is 1. The Morgan fingerprint density at radius 2 is 1.54 bits per heavy atom. The van der Waals surface area contributed by atoms with Crippen LogP contribution in [0.2, 0.25) is 0 Å². The zero-order chi connectivity index (χ0) is 9.84. The summed E-state index contributed by atoms with van der Waals surface area (Å²) in [5, 5.41) is 0. The molecule has 0 spiro atoms. The summed E-state index contributed by atoms with van der Waals surface area (Å²) in [6.45, 7) is 9.75. The average Bonchev–Trinajstić information content (AvgIpc) is 2.17. The number of piperazine rings is 1. The van der Waals surface area contributed by atoms with Crippen LogP contribution >= 0.6 is 0 Å². The van der Waals surface area contributed by atoms with Crippen molar-refractivity contribution >= 4 is 5.91 Å². The summed E-state index contributed by atoms with van der Waals surface area (Å²) in [6, 6.07) is 1.43. The van der Waals surface area contributed by atoms with Crippen LogP contribution in [-0.2, 0) is 4.79 Å². The van der Waals surface area contributed by atoms with Gasteiger partial charge in [0.1, 0.15) is 0 Å². The van der Waals surface area contributed by atoms with Gasteiger partial charge in [-0.05, 0) is 13.3 Å². The first-order valence-corrected chi connectivity index (χ1v) is 4.98. The Bertz CT molecular complexity index is 174. The molecule has 1 radical (unpaired) electrons. The maximum atomic E-state index is 11.0. The van der Waals surface area contributed by atoms with E-state index in [1.807, 2.05) is 4.90 Å². The zero-order valence-corrected chi connectivity index (χ0v) is 8.84. The summed E-state index contributed by atoms with van der Waals surface area (Å²) in [5.41, 5.74) is 0. The molecule has 0 aromatic carbocycles. The molecule has 13 heavy (non-hydrogen) atoms. The number of amides is 1. The fourth-order valence-electron chi connectivity index (χ4n) is 1.63. The van der Waals surface area contributed by atoms with E-state index in [4.69, 9.17) is 0 Å². The van der Waals surface area contributed by atoms with Gasteiger partial charge in [-0.2, -0.15) is 0 Å². The predicted octanol–water partition coefficient (Wildman–Crippen LogP) is 1.11. The van der Waals surface area contributed by atoms with Gasteiger partial charge in [-0.25, -0.2) is 0 Å². The first kappa shape index (κ1) is 10.5. The molecule has 0 bridgehead atoms. The fourth-order valence-corrected chi connectivity index (χ4v) is 1.63. The van der Waals surface area contributed by atoms with Gasteiger partial charge in [0.15, 0.2) is 0 Å². The Morgan fingerprint density at radius 1 is 1.08 bits per heavy atom. The van der Waals surface area contributed by atoms with Crippen molar-refractivity contribution in [1.82, 2.24) is 9.80 Å². The minimum absolute atomic E-state index is 0.203. The number of carbonyl (C=O) groups excluding carboxylic acids is 1. The second-order valence-electron chi connectivity index (χ2n) is 3.58. The molecule has 1 fully saturated rings. The van der Waals surface area contributed by atoms with Crippen LogP contribution in [0.4, 0.5) is 0 Å². The highest BCUT2D eigenvalue weighted by Gasteiger charge is 2.21. The molecule has 1 aliphatic heterocycles. The van der Waals surface area contributed by atoms with Gasteiger partial charge in [-0.3, -0.25) is 9.69 Å². The number of hydrogen-bond acceptors (Lipinski definition) is 2. The van der Waals surface area contributed by atoms with Crippen molar-refractivity contribution in [3.63, 3.8) is 0 Å². The van der Waals surface area contributed by atoms with Crippen molar-refractivity contribution < 1.29 is 4.79 Å². The Balaban J connectivity index is 2.34. The van der Waals surface area contributed by atoms with E-state index in [2.05, 4.69) is 18.7 Å². The topological polar surface area (TPSA) is 23.6 Å². The maximum absolute atomic E-state index is 11.0. The van der Waals surface area contributed by atoms with Crippen molar-refractivity contribution in [3.8, 4) is 0 Å². The van der Waals surface area contributed by atoms with Gasteiger partial charge in [0.05, 0.1) is 0 Å². The largest absolute Gasteiger partial charge is 0.340 e. The van der Waals surface area contributed by atoms with Crippen LogP contribution in [-0.4, -0.2) is 41.9 Å². The SMILES string of the molecule is CC[C](C)N1CCN(C(C)=O)CC1. The fraction of sp³-hybridized carbons (Fsp3) is 0.800. The lowest BCUT2D eigenvalue weighted by atomic mass is 10.2.